The van der Waals surface area contributed by atoms with Crippen molar-refractivity contribution >= 4 is 11.0 Å². The van der Waals surface area contributed by atoms with E-state index < -0.39 is 0 Å². The zero-order valence-electron chi connectivity index (χ0n) is 16.7. The highest BCUT2D eigenvalue weighted by atomic mass is 16.5. The van der Waals surface area contributed by atoms with Crippen LogP contribution < -0.4 is 23.7 Å². The lowest BCUT2D eigenvalue weighted by molar-refractivity contribution is 0.324. The first-order chi connectivity index (χ1) is 13.0. The molecule has 0 radical (unpaired) electrons. The molecular weight excluding hydrogens is 348 g/mol. The Balaban J connectivity index is 2.33. The molecule has 6 nitrogen and oxygen atoms in total. The number of rotatable bonds is 6. The summed E-state index contributed by atoms with van der Waals surface area (Å²) < 4.78 is 33.6. The van der Waals surface area contributed by atoms with Crippen LogP contribution in [0.5, 0.6) is 28.7 Å². The van der Waals surface area contributed by atoms with E-state index in [1.54, 1.807) is 35.5 Å². The van der Waals surface area contributed by atoms with E-state index >= 15 is 0 Å². The average molecular weight is 372 g/mol. The number of aryl methyl sites for hydroxylation is 2. The van der Waals surface area contributed by atoms with Crippen molar-refractivity contribution in [2.45, 2.75) is 13.8 Å². The number of ether oxygens (including phenoxy) is 5. The van der Waals surface area contributed by atoms with E-state index in [1.807, 2.05) is 32.0 Å². The van der Waals surface area contributed by atoms with Gasteiger partial charge in [-0.15, -0.1) is 0 Å². The van der Waals surface area contributed by atoms with Gasteiger partial charge in [-0.05, 0) is 37.6 Å². The minimum absolute atomic E-state index is 0.535. The van der Waals surface area contributed by atoms with E-state index in [4.69, 9.17) is 28.1 Å². The van der Waals surface area contributed by atoms with Crippen molar-refractivity contribution in [2.75, 3.05) is 35.5 Å². The standard InChI is InChI=1S/C21H24O6/c1-11-8-14(22-3)20(26-7)21-17(11)12(2)18(27-21)13-9-15(23-4)19(25-6)16(10-13)24-5/h8-10H,1-7H3. The van der Waals surface area contributed by atoms with Crippen LogP contribution in [0.4, 0.5) is 0 Å². The van der Waals surface area contributed by atoms with Crippen molar-refractivity contribution in [2.24, 2.45) is 0 Å². The molecule has 1 aromatic heterocycles. The largest absolute Gasteiger partial charge is 0.493 e. The van der Waals surface area contributed by atoms with Crippen molar-refractivity contribution in [1.82, 2.24) is 0 Å². The van der Waals surface area contributed by atoms with Crippen molar-refractivity contribution in [3.63, 3.8) is 0 Å². The van der Waals surface area contributed by atoms with Gasteiger partial charge < -0.3 is 28.1 Å². The Morgan fingerprint density at radius 3 is 1.67 bits per heavy atom. The van der Waals surface area contributed by atoms with E-state index in [1.165, 1.54) is 0 Å². The third-order valence-electron chi connectivity index (χ3n) is 4.67. The second kappa shape index (κ2) is 7.31. The SMILES string of the molecule is COc1cc(-c2oc3c(OC)c(OC)cc(C)c3c2C)cc(OC)c1OC. The number of fused-ring (bicyclic) bond motifs is 1. The van der Waals surface area contributed by atoms with Crippen molar-refractivity contribution in [3.05, 3.63) is 29.3 Å². The Labute approximate surface area is 158 Å². The third-order valence-corrected chi connectivity index (χ3v) is 4.67. The lowest BCUT2D eigenvalue weighted by Crippen LogP contribution is -1.95. The molecule has 0 aliphatic rings. The summed E-state index contributed by atoms with van der Waals surface area (Å²) in [6, 6.07) is 5.68. The Hall–Kier alpha value is -3.02. The average Bonchev–Trinajstić information content (AvgIpc) is 3.04. The molecular formula is C21H24O6. The topological polar surface area (TPSA) is 59.3 Å². The summed E-state index contributed by atoms with van der Waals surface area (Å²) in [6.45, 7) is 4.04. The maximum atomic E-state index is 6.25. The summed E-state index contributed by atoms with van der Waals surface area (Å²) in [5.41, 5.74) is 3.51. The molecule has 1 heterocycles. The molecule has 6 heteroatoms. The van der Waals surface area contributed by atoms with Gasteiger partial charge in [0.25, 0.3) is 0 Å². The Morgan fingerprint density at radius 2 is 1.19 bits per heavy atom. The molecule has 0 bridgehead atoms. The first-order valence-corrected chi connectivity index (χ1v) is 8.45. The number of benzene rings is 2. The van der Waals surface area contributed by atoms with E-state index in [-0.39, 0.29) is 0 Å². The summed E-state index contributed by atoms with van der Waals surface area (Å²) in [7, 11) is 7.96. The molecule has 0 amide bonds. The van der Waals surface area contributed by atoms with Gasteiger partial charge in [-0.1, -0.05) is 0 Å². The predicted molar refractivity (Wildman–Crippen MR) is 104 cm³/mol. The second-order valence-corrected chi connectivity index (χ2v) is 6.10. The van der Waals surface area contributed by atoms with E-state index in [0.29, 0.717) is 40.1 Å². The Morgan fingerprint density at radius 1 is 0.667 bits per heavy atom. The molecule has 27 heavy (non-hydrogen) atoms. The molecule has 3 rings (SSSR count). The first-order valence-electron chi connectivity index (χ1n) is 8.45. The van der Waals surface area contributed by atoms with E-state index in [9.17, 15) is 0 Å². The van der Waals surface area contributed by atoms with Crippen LogP contribution in [0.3, 0.4) is 0 Å². The Kier molecular flexibility index (Phi) is 5.08. The fourth-order valence-corrected chi connectivity index (χ4v) is 3.43. The normalized spacial score (nSPS) is 10.8. The quantitative estimate of drug-likeness (QED) is 0.622. The summed E-state index contributed by atoms with van der Waals surface area (Å²) in [4.78, 5) is 0. The van der Waals surface area contributed by atoms with Crippen LogP contribution in [0.25, 0.3) is 22.3 Å². The smallest absolute Gasteiger partial charge is 0.204 e. The van der Waals surface area contributed by atoms with Gasteiger partial charge in [-0.3, -0.25) is 0 Å². The number of hydrogen-bond donors (Lipinski definition) is 0. The zero-order chi connectivity index (χ0) is 19.7. The maximum absolute atomic E-state index is 6.25. The molecule has 0 aliphatic heterocycles. The number of furan rings is 1. The molecule has 0 saturated heterocycles. The van der Waals surface area contributed by atoms with Crippen molar-refractivity contribution < 1.29 is 28.1 Å². The van der Waals surface area contributed by atoms with Gasteiger partial charge in [0, 0.05) is 16.5 Å². The molecule has 0 fully saturated rings. The third kappa shape index (κ3) is 2.91. The van der Waals surface area contributed by atoms with Gasteiger partial charge >= 0.3 is 0 Å². The van der Waals surface area contributed by atoms with Crippen LogP contribution in [-0.4, -0.2) is 35.5 Å². The van der Waals surface area contributed by atoms with E-state index in [0.717, 1.165) is 22.1 Å². The van der Waals surface area contributed by atoms with Crippen molar-refractivity contribution in [1.29, 1.82) is 0 Å². The van der Waals surface area contributed by atoms with Crippen LogP contribution in [-0.2, 0) is 0 Å². The summed E-state index contributed by atoms with van der Waals surface area (Å²) in [5.74, 6) is 3.57. The summed E-state index contributed by atoms with van der Waals surface area (Å²) >= 11 is 0. The zero-order valence-corrected chi connectivity index (χ0v) is 16.7. The van der Waals surface area contributed by atoms with Gasteiger partial charge in [0.1, 0.15) is 5.76 Å². The number of hydrogen-bond acceptors (Lipinski definition) is 6. The molecule has 3 aromatic rings. The van der Waals surface area contributed by atoms with Gasteiger partial charge in [0.15, 0.2) is 22.8 Å². The van der Waals surface area contributed by atoms with Crippen molar-refractivity contribution in [3.8, 4) is 40.1 Å². The molecule has 0 N–H and O–H groups in total. The second-order valence-electron chi connectivity index (χ2n) is 6.10. The molecule has 0 atom stereocenters. The van der Waals surface area contributed by atoms with Crippen LogP contribution in [0.15, 0.2) is 22.6 Å². The molecule has 0 saturated carbocycles. The minimum Gasteiger partial charge on any atom is -0.493 e. The first kappa shape index (κ1) is 18.8. The molecule has 0 unspecified atom stereocenters. The fourth-order valence-electron chi connectivity index (χ4n) is 3.43. The van der Waals surface area contributed by atoms with Gasteiger partial charge in [-0.2, -0.15) is 0 Å². The van der Waals surface area contributed by atoms with Crippen LogP contribution in [0, 0.1) is 13.8 Å². The highest BCUT2D eigenvalue weighted by molar-refractivity contribution is 5.96. The summed E-state index contributed by atoms with van der Waals surface area (Å²) in [5, 5.41) is 0.997. The lowest BCUT2D eigenvalue weighted by atomic mass is 10.0. The highest BCUT2D eigenvalue weighted by Crippen LogP contribution is 2.47. The summed E-state index contributed by atoms with van der Waals surface area (Å²) in [6.07, 6.45) is 0. The van der Waals surface area contributed by atoms with Crippen LogP contribution >= 0.6 is 0 Å². The van der Waals surface area contributed by atoms with Crippen LogP contribution in [0.1, 0.15) is 11.1 Å². The molecule has 2 aromatic carbocycles. The van der Waals surface area contributed by atoms with Crippen LogP contribution in [0.2, 0.25) is 0 Å². The molecule has 0 aliphatic carbocycles. The van der Waals surface area contributed by atoms with E-state index in [2.05, 4.69) is 0 Å². The highest BCUT2D eigenvalue weighted by Gasteiger charge is 2.23. The fraction of sp³-hybridized carbons (Fsp3) is 0.333. The maximum Gasteiger partial charge on any atom is 0.204 e. The molecule has 144 valence electrons. The van der Waals surface area contributed by atoms with Gasteiger partial charge in [0.05, 0.1) is 35.5 Å². The predicted octanol–water partition coefficient (Wildman–Crippen LogP) is 4.76. The lowest BCUT2D eigenvalue weighted by Gasteiger charge is -2.13. The van der Waals surface area contributed by atoms with Gasteiger partial charge in [-0.25, -0.2) is 0 Å². The monoisotopic (exact) mass is 372 g/mol. The Bertz CT molecular complexity index is 961. The van der Waals surface area contributed by atoms with Gasteiger partial charge in [0.2, 0.25) is 11.5 Å². The molecule has 0 spiro atoms. The minimum atomic E-state index is 0.535. The number of methoxy groups -OCH3 is 5.